The first-order valence-electron chi connectivity index (χ1n) is 12.0. The SMILES string of the molecule is O=[C](/C(=C/c1cccc(F)c1)c1ccc(Cl)cc1)[Sn]([c]1ccccc1)([c]1ccccc1)[c]1ccccc1. The van der Waals surface area contributed by atoms with Gasteiger partial charge in [0.05, 0.1) is 0 Å². The number of benzene rings is 5. The molecule has 0 N–H and O–H groups in total. The molecule has 0 unspecified atom stereocenters. The van der Waals surface area contributed by atoms with E-state index in [1.54, 1.807) is 18.2 Å². The van der Waals surface area contributed by atoms with Crippen LogP contribution in [-0.2, 0) is 4.79 Å². The number of rotatable bonds is 7. The Morgan fingerprint density at radius 3 is 1.57 bits per heavy atom. The molecule has 37 heavy (non-hydrogen) atoms. The number of allylic oxidation sites excluding steroid dienone is 1. The maximum absolute atomic E-state index is 15.2. The molecule has 1 nitrogen and oxygen atoms in total. The van der Waals surface area contributed by atoms with E-state index in [0.717, 1.165) is 16.3 Å². The third kappa shape index (κ3) is 5.18. The second kappa shape index (κ2) is 11.3. The molecular formula is C33H24ClFOSn. The van der Waals surface area contributed by atoms with Gasteiger partial charge in [-0.25, -0.2) is 0 Å². The van der Waals surface area contributed by atoms with E-state index in [1.807, 2.05) is 78.9 Å². The molecule has 0 aliphatic carbocycles. The summed E-state index contributed by atoms with van der Waals surface area (Å²) in [6.45, 7) is 0. The molecular weight excluding hydrogens is 586 g/mol. The van der Waals surface area contributed by atoms with Gasteiger partial charge in [-0.15, -0.1) is 0 Å². The van der Waals surface area contributed by atoms with E-state index in [0.29, 0.717) is 16.2 Å². The zero-order valence-electron chi connectivity index (χ0n) is 20.0. The number of hydrogen-bond acceptors (Lipinski definition) is 1. The Balaban J connectivity index is 1.85. The number of carbonyl (C=O) groups is 1. The molecule has 0 aromatic heterocycles. The summed E-state index contributed by atoms with van der Waals surface area (Å²) >= 11 is 1.83. The molecule has 0 amide bonds. The van der Waals surface area contributed by atoms with E-state index in [-0.39, 0.29) is 9.62 Å². The molecule has 5 aromatic rings. The van der Waals surface area contributed by atoms with Crippen LogP contribution in [0.2, 0.25) is 5.02 Å². The molecule has 0 bridgehead atoms. The van der Waals surface area contributed by atoms with Crippen LogP contribution in [0.5, 0.6) is 0 Å². The van der Waals surface area contributed by atoms with Gasteiger partial charge >= 0.3 is 227 Å². The Morgan fingerprint density at radius 2 is 1.11 bits per heavy atom. The molecule has 5 rings (SSSR count). The minimum atomic E-state index is -4.38. The second-order valence-corrected chi connectivity index (χ2v) is 19.8. The monoisotopic (exact) mass is 610 g/mol. The van der Waals surface area contributed by atoms with Crippen LogP contribution >= 0.6 is 11.6 Å². The number of hydrogen-bond donors (Lipinski definition) is 0. The fourth-order valence-electron chi connectivity index (χ4n) is 4.83. The van der Waals surface area contributed by atoms with E-state index < -0.39 is 18.4 Å². The van der Waals surface area contributed by atoms with E-state index in [9.17, 15) is 4.39 Å². The van der Waals surface area contributed by atoms with Crippen LogP contribution in [0.3, 0.4) is 0 Å². The zero-order chi connectivity index (χ0) is 25.7. The first-order chi connectivity index (χ1) is 18.1. The third-order valence-corrected chi connectivity index (χ3v) is 19.8. The third-order valence-electron chi connectivity index (χ3n) is 6.52. The van der Waals surface area contributed by atoms with Gasteiger partial charge in [-0.1, -0.05) is 0 Å². The minimum absolute atomic E-state index is 0.0875. The molecule has 0 radical (unpaired) electrons. The molecule has 0 saturated carbocycles. The van der Waals surface area contributed by atoms with Crippen molar-refractivity contribution in [1.82, 2.24) is 0 Å². The zero-order valence-corrected chi connectivity index (χ0v) is 23.6. The fourth-order valence-corrected chi connectivity index (χ4v) is 17.8. The van der Waals surface area contributed by atoms with Crippen molar-refractivity contribution in [2.75, 3.05) is 0 Å². The van der Waals surface area contributed by atoms with E-state index >= 15 is 4.79 Å². The van der Waals surface area contributed by atoms with Gasteiger partial charge < -0.3 is 0 Å². The van der Waals surface area contributed by atoms with E-state index in [1.165, 1.54) is 12.1 Å². The molecule has 0 spiro atoms. The van der Waals surface area contributed by atoms with Crippen molar-refractivity contribution in [2.24, 2.45) is 0 Å². The molecule has 0 saturated heterocycles. The van der Waals surface area contributed by atoms with Gasteiger partial charge in [-0.05, 0) is 0 Å². The van der Waals surface area contributed by atoms with Gasteiger partial charge in [0.15, 0.2) is 0 Å². The van der Waals surface area contributed by atoms with Gasteiger partial charge in [0.1, 0.15) is 0 Å². The van der Waals surface area contributed by atoms with E-state index in [2.05, 4.69) is 36.4 Å². The summed E-state index contributed by atoms with van der Waals surface area (Å²) in [5.74, 6) is -0.347. The Hall–Kier alpha value is -3.47. The van der Waals surface area contributed by atoms with Crippen LogP contribution in [0.4, 0.5) is 4.39 Å². The second-order valence-electron chi connectivity index (χ2n) is 8.80. The molecule has 4 heteroatoms. The summed E-state index contributed by atoms with van der Waals surface area (Å²) in [4.78, 5) is 15.2. The van der Waals surface area contributed by atoms with Crippen molar-refractivity contribution in [3.63, 3.8) is 0 Å². The van der Waals surface area contributed by atoms with Gasteiger partial charge in [0.25, 0.3) is 0 Å². The van der Waals surface area contributed by atoms with Crippen molar-refractivity contribution in [1.29, 1.82) is 0 Å². The van der Waals surface area contributed by atoms with Crippen molar-refractivity contribution >= 4 is 56.2 Å². The van der Waals surface area contributed by atoms with Gasteiger partial charge in [-0.2, -0.15) is 0 Å². The fraction of sp³-hybridized carbons (Fsp3) is 0. The quantitative estimate of drug-likeness (QED) is 0.120. The molecule has 5 aromatic carbocycles. The van der Waals surface area contributed by atoms with E-state index in [4.69, 9.17) is 11.6 Å². The summed E-state index contributed by atoms with van der Waals surface area (Å²) in [6, 6.07) is 44.0. The summed E-state index contributed by atoms with van der Waals surface area (Å²) in [5, 5.41) is 0.588. The molecule has 0 atom stereocenters. The summed E-state index contributed by atoms with van der Waals surface area (Å²) in [7, 11) is 0. The van der Waals surface area contributed by atoms with Crippen LogP contribution in [0.25, 0.3) is 11.6 Å². The molecule has 0 fully saturated rings. The van der Waals surface area contributed by atoms with Gasteiger partial charge in [0.2, 0.25) is 0 Å². The number of carbonyl (C=O) groups excluding carboxylic acids is 1. The van der Waals surface area contributed by atoms with Crippen LogP contribution in [0, 0.1) is 5.82 Å². The normalized spacial score (nSPS) is 11.8. The Labute approximate surface area is 225 Å². The summed E-state index contributed by atoms with van der Waals surface area (Å²) < 4.78 is 17.4. The summed E-state index contributed by atoms with van der Waals surface area (Å²) in [6.07, 6.45) is 1.81. The topological polar surface area (TPSA) is 17.1 Å². The Morgan fingerprint density at radius 1 is 0.622 bits per heavy atom. The van der Waals surface area contributed by atoms with Crippen molar-refractivity contribution in [2.45, 2.75) is 0 Å². The molecule has 180 valence electrons. The van der Waals surface area contributed by atoms with Crippen molar-refractivity contribution < 1.29 is 9.18 Å². The average molecular weight is 610 g/mol. The van der Waals surface area contributed by atoms with Gasteiger partial charge in [0, 0.05) is 0 Å². The predicted octanol–water partition coefficient (Wildman–Crippen LogP) is 6.30. The van der Waals surface area contributed by atoms with Crippen LogP contribution < -0.4 is 10.7 Å². The molecule has 0 aliphatic heterocycles. The van der Waals surface area contributed by atoms with Crippen LogP contribution in [-0.4, -0.2) is 22.2 Å². The molecule has 0 heterocycles. The van der Waals surface area contributed by atoms with Gasteiger partial charge in [-0.3, -0.25) is 0 Å². The Kier molecular flexibility index (Phi) is 7.68. The maximum atomic E-state index is 15.2. The van der Waals surface area contributed by atoms with Crippen molar-refractivity contribution in [3.05, 3.63) is 161 Å². The Bertz CT molecular complexity index is 1440. The van der Waals surface area contributed by atoms with Crippen molar-refractivity contribution in [3.8, 4) is 0 Å². The standard InChI is InChI=1S/C15H9ClFO.3C6H5.Sn/c16-14-6-4-12(5-7-14)13(10-18)8-11-2-1-3-15(17)9-11;3*1-2-4-6-5-3-1;/h1-9H;3*1-5H;/b13-8-;;;;. The predicted molar refractivity (Wildman–Crippen MR) is 155 cm³/mol. The average Bonchev–Trinajstić information content (AvgIpc) is 2.94. The summed E-state index contributed by atoms with van der Waals surface area (Å²) in [5.41, 5.74) is 1.94. The first-order valence-corrected chi connectivity index (χ1v) is 18.1. The van der Waals surface area contributed by atoms with Crippen LogP contribution in [0.15, 0.2) is 140 Å². The number of halogens is 2. The van der Waals surface area contributed by atoms with Crippen LogP contribution in [0.1, 0.15) is 11.1 Å². The first kappa shape index (κ1) is 25.2. The molecule has 0 aliphatic rings.